The summed E-state index contributed by atoms with van der Waals surface area (Å²) in [5, 5.41) is 9.62. The van der Waals surface area contributed by atoms with Crippen LogP contribution in [-0.2, 0) is 19.7 Å². The average molecular weight is 326 g/mol. The van der Waals surface area contributed by atoms with E-state index in [9.17, 15) is 14.9 Å². The molecule has 3 atom stereocenters. The summed E-state index contributed by atoms with van der Waals surface area (Å²) < 4.78 is 10.3. The predicted molar refractivity (Wildman–Crippen MR) is 86.0 cm³/mol. The first-order valence-corrected chi connectivity index (χ1v) is 7.67. The molecule has 0 N–H and O–H groups in total. The molecule has 1 aromatic rings. The van der Waals surface area contributed by atoms with Crippen molar-refractivity contribution in [2.24, 2.45) is 5.92 Å². The molecule has 6 nitrogen and oxygen atoms in total. The van der Waals surface area contributed by atoms with Gasteiger partial charge < -0.3 is 9.47 Å². The number of hydrogen-bond donors (Lipinski definition) is 0. The number of methoxy groups -OCH3 is 1. The van der Waals surface area contributed by atoms with Gasteiger partial charge in [-0.25, -0.2) is 9.69 Å². The molecule has 0 saturated carbocycles. The van der Waals surface area contributed by atoms with Gasteiger partial charge in [0.05, 0.1) is 24.3 Å². The Morgan fingerprint density at radius 1 is 1.46 bits per heavy atom. The Balaban J connectivity index is 2.25. The van der Waals surface area contributed by atoms with Gasteiger partial charge in [-0.1, -0.05) is 29.8 Å². The first kappa shape index (κ1) is 16.1. The van der Waals surface area contributed by atoms with Crippen molar-refractivity contribution in [3.05, 3.63) is 41.5 Å². The molecule has 0 bridgehead atoms. The summed E-state index contributed by atoms with van der Waals surface area (Å²) in [7, 11) is 1.28. The molecule has 0 radical (unpaired) electrons. The predicted octanol–water partition coefficient (Wildman–Crippen LogP) is 2.89. The minimum Gasteiger partial charge on any atom is -0.452 e. The lowest BCUT2D eigenvalue weighted by Gasteiger charge is -2.30. The average Bonchev–Trinajstić information content (AvgIpc) is 2.99. The van der Waals surface area contributed by atoms with Crippen molar-refractivity contribution in [2.45, 2.75) is 31.9 Å². The molecule has 0 unspecified atom stereocenters. The number of benzene rings is 1. The maximum atomic E-state index is 12.3. The standard InChI is InChI=1S/C18H18N2O4/c1-11(2)8-9-18-12-6-4-5-7-14(12)20(17(22)23-3)16(18)24-15(21)13(18)10-19/h4-8,13,16H,9H2,1-3H3/t13-,16-,18+/m1/s1. The number of nitriles is 1. The van der Waals surface area contributed by atoms with Gasteiger partial charge in [0.2, 0.25) is 0 Å². The Morgan fingerprint density at radius 3 is 2.79 bits per heavy atom. The molecule has 1 aromatic carbocycles. The third-order valence-electron chi connectivity index (χ3n) is 4.67. The van der Waals surface area contributed by atoms with Crippen LogP contribution in [0.3, 0.4) is 0 Å². The molecular weight excluding hydrogens is 308 g/mol. The molecule has 124 valence electrons. The third-order valence-corrected chi connectivity index (χ3v) is 4.67. The SMILES string of the molecule is COC(=O)N1c2ccccc2[C@@]2(CC=C(C)C)[C@H](C#N)C(=O)O[C@@H]12. The molecule has 3 rings (SSSR count). The number of ether oxygens (including phenoxy) is 2. The van der Waals surface area contributed by atoms with E-state index in [-0.39, 0.29) is 0 Å². The van der Waals surface area contributed by atoms with Crippen molar-refractivity contribution in [1.82, 2.24) is 0 Å². The van der Waals surface area contributed by atoms with E-state index in [0.717, 1.165) is 11.1 Å². The van der Waals surface area contributed by atoms with Crippen LogP contribution in [0.15, 0.2) is 35.9 Å². The van der Waals surface area contributed by atoms with Crippen LogP contribution in [0, 0.1) is 17.2 Å². The van der Waals surface area contributed by atoms with Crippen molar-refractivity contribution >= 4 is 17.7 Å². The lowest BCUT2D eigenvalue weighted by Crippen LogP contribution is -2.47. The highest BCUT2D eigenvalue weighted by Gasteiger charge is 2.66. The van der Waals surface area contributed by atoms with Crippen molar-refractivity contribution in [2.75, 3.05) is 12.0 Å². The molecule has 6 heteroatoms. The highest BCUT2D eigenvalue weighted by atomic mass is 16.6. The number of fused-ring (bicyclic) bond motifs is 3. The number of hydrogen-bond acceptors (Lipinski definition) is 5. The van der Waals surface area contributed by atoms with Crippen molar-refractivity contribution in [3.63, 3.8) is 0 Å². The van der Waals surface area contributed by atoms with Crippen LogP contribution < -0.4 is 4.90 Å². The number of esters is 1. The lowest BCUT2D eigenvalue weighted by molar-refractivity contribution is -0.142. The van der Waals surface area contributed by atoms with E-state index >= 15 is 0 Å². The van der Waals surface area contributed by atoms with Crippen LogP contribution in [0.25, 0.3) is 0 Å². The zero-order valence-electron chi connectivity index (χ0n) is 13.8. The van der Waals surface area contributed by atoms with Crippen LogP contribution in [0.5, 0.6) is 0 Å². The van der Waals surface area contributed by atoms with Gasteiger partial charge in [-0.3, -0.25) is 4.79 Å². The largest absolute Gasteiger partial charge is 0.452 e. The smallest absolute Gasteiger partial charge is 0.417 e. The van der Waals surface area contributed by atoms with E-state index in [2.05, 4.69) is 6.07 Å². The van der Waals surface area contributed by atoms with Gasteiger partial charge in [0.25, 0.3) is 0 Å². The zero-order chi connectivity index (χ0) is 17.5. The van der Waals surface area contributed by atoms with Crippen molar-refractivity contribution in [1.29, 1.82) is 5.26 Å². The number of rotatable bonds is 2. The summed E-state index contributed by atoms with van der Waals surface area (Å²) in [6.07, 6.45) is 0.902. The minimum atomic E-state index is -0.978. The van der Waals surface area contributed by atoms with Gasteiger partial charge in [-0.2, -0.15) is 5.26 Å². The van der Waals surface area contributed by atoms with Gasteiger partial charge in [0.15, 0.2) is 12.1 Å². The van der Waals surface area contributed by atoms with Crippen LogP contribution in [0.4, 0.5) is 10.5 Å². The molecule has 0 aromatic heterocycles. The van der Waals surface area contributed by atoms with Crippen LogP contribution in [-0.4, -0.2) is 25.4 Å². The molecule has 2 aliphatic heterocycles. The van der Waals surface area contributed by atoms with E-state index in [1.807, 2.05) is 32.1 Å². The molecule has 24 heavy (non-hydrogen) atoms. The van der Waals surface area contributed by atoms with Gasteiger partial charge in [0, 0.05) is 0 Å². The van der Waals surface area contributed by atoms with E-state index < -0.39 is 29.6 Å². The van der Waals surface area contributed by atoms with Gasteiger partial charge in [-0.15, -0.1) is 0 Å². The number of allylic oxidation sites excluding steroid dienone is 2. The fourth-order valence-corrected chi connectivity index (χ4v) is 3.57. The molecule has 0 aliphatic carbocycles. The summed E-state index contributed by atoms with van der Waals surface area (Å²) in [6.45, 7) is 3.90. The number of amides is 1. The maximum absolute atomic E-state index is 12.3. The molecule has 1 saturated heterocycles. The Bertz CT molecular complexity index is 775. The Hall–Kier alpha value is -2.81. The van der Waals surface area contributed by atoms with Crippen LogP contribution >= 0.6 is 0 Å². The third kappa shape index (κ3) is 2.01. The summed E-state index contributed by atoms with van der Waals surface area (Å²) in [5.74, 6) is -1.58. The topological polar surface area (TPSA) is 79.6 Å². The first-order valence-electron chi connectivity index (χ1n) is 7.67. The minimum absolute atomic E-state index is 0.425. The van der Waals surface area contributed by atoms with Crippen LogP contribution in [0.1, 0.15) is 25.8 Å². The van der Waals surface area contributed by atoms with Crippen molar-refractivity contribution in [3.8, 4) is 6.07 Å². The fraction of sp³-hybridized carbons (Fsp3) is 0.389. The normalized spacial score (nSPS) is 26.9. The monoisotopic (exact) mass is 326 g/mol. The summed E-state index contributed by atoms with van der Waals surface area (Å²) >= 11 is 0. The number of para-hydroxylation sites is 1. The number of anilines is 1. The van der Waals surface area contributed by atoms with E-state index in [4.69, 9.17) is 9.47 Å². The second-order valence-electron chi connectivity index (χ2n) is 6.23. The first-order chi connectivity index (χ1) is 11.5. The van der Waals surface area contributed by atoms with Crippen molar-refractivity contribution < 1.29 is 19.1 Å². The lowest BCUT2D eigenvalue weighted by atomic mass is 9.70. The number of nitrogens with zero attached hydrogens (tertiary/aromatic N) is 2. The Labute approximate surface area is 140 Å². The maximum Gasteiger partial charge on any atom is 0.417 e. The van der Waals surface area contributed by atoms with Crippen LogP contribution in [0.2, 0.25) is 0 Å². The van der Waals surface area contributed by atoms with Gasteiger partial charge in [0.1, 0.15) is 0 Å². The summed E-state index contributed by atoms with van der Waals surface area (Å²) in [4.78, 5) is 25.9. The molecule has 0 spiro atoms. The van der Waals surface area contributed by atoms with Gasteiger partial charge in [-0.05, 0) is 31.9 Å². The second-order valence-corrected chi connectivity index (χ2v) is 6.23. The molecule has 1 amide bonds. The Kier molecular flexibility index (Phi) is 3.80. The highest BCUT2D eigenvalue weighted by molar-refractivity contribution is 5.96. The highest BCUT2D eigenvalue weighted by Crippen LogP contribution is 2.56. The van der Waals surface area contributed by atoms with E-state index in [1.54, 1.807) is 12.1 Å². The van der Waals surface area contributed by atoms with E-state index in [0.29, 0.717) is 12.1 Å². The molecule has 1 fully saturated rings. The Morgan fingerprint density at radius 2 is 2.17 bits per heavy atom. The van der Waals surface area contributed by atoms with E-state index in [1.165, 1.54) is 12.0 Å². The van der Waals surface area contributed by atoms with Gasteiger partial charge >= 0.3 is 12.1 Å². The fourth-order valence-electron chi connectivity index (χ4n) is 3.57. The number of carbonyl (C=O) groups is 2. The summed E-state index contributed by atoms with van der Waals surface area (Å²) in [5.41, 5.74) is 1.51. The second kappa shape index (κ2) is 5.68. The summed E-state index contributed by atoms with van der Waals surface area (Å²) in [6, 6.07) is 9.33. The zero-order valence-corrected chi connectivity index (χ0v) is 13.8. The number of carbonyl (C=O) groups excluding carboxylic acids is 2. The quantitative estimate of drug-likeness (QED) is 0.617. The molecule has 2 heterocycles. The molecule has 2 aliphatic rings. The molecular formula is C18H18N2O4.